The maximum Gasteiger partial charge on any atom is 0.126 e. The van der Waals surface area contributed by atoms with Crippen molar-refractivity contribution in [2.45, 2.75) is 44.6 Å². The Kier molecular flexibility index (Phi) is 4.23. The largest absolute Gasteiger partial charge is 0.382 e. The van der Waals surface area contributed by atoms with Gasteiger partial charge in [0.05, 0.1) is 0 Å². The molecule has 1 aliphatic carbocycles. The van der Waals surface area contributed by atoms with Crippen molar-refractivity contribution in [1.82, 2.24) is 0 Å². The van der Waals surface area contributed by atoms with Gasteiger partial charge in [0.15, 0.2) is 0 Å². The Balaban J connectivity index is 1.57. The highest BCUT2D eigenvalue weighted by molar-refractivity contribution is 5.46. The third-order valence-corrected chi connectivity index (χ3v) is 4.53. The molecule has 1 fully saturated rings. The molecule has 1 aliphatic rings. The smallest absolute Gasteiger partial charge is 0.126 e. The highest BCUT2D eigenvalue weighted by Gasteiger charge is 2.22. The lowest BCUT2D eigenvalue weighted by Gasteiger charge is -2.30. The first-order valence-electron chi connectivity index (χ1n) is 7.80. The van der Waals surface area contributed by atoms with E-state index in [1.54, 1.807) is 6.07 Å². The van der Waals surface area contributed by atoms with Gasteiger partial charge in [-0.05, 0) is 67.9 Å². The van der Waals surface area contributed by atoms with E-state index in [0.29, 0.717) is 17.5 Å². The molecule has 3 rings (SSSR count). The summed E-state index contributed by atoms with van der Waals surface area (Å²) in [6.07, 6.45) is 4.80. The Morgan fingerprint density at radius 2 is 1.67 bits per heavy atom. The molecule has 110 valence electrons. The summed E-state index contributed by atoms with van der Waals surface area (Å²) < 4.78 is 13.3. The fourth-order valence-corrected chi connectivity index (χ4v) is 3.27. The third kappa shape index (κ3) is 3.44. The molecular weight excluding hydrogens is 261 g/mol. The van der Waals surface area contributed by atoms with Gasteiger partial charge in [0.2, 0.25) is 0 Å². The summed E-state index contributed by atoms with van der Waals surface area (Å²) in [7, 11) is 0. The van der Waals surface area contributed by atoms with E-state index < -0.39 is 0 Å². The summed E-state index contributed by atoms with van der Waals surface area (Å²) in [5.74, 6) is 0.563. The quantitative estimate of drug-likeness (QED) is 0.809. The Morgan fingerprint density at radius 3 is 2.33 bits per heavy atom. The normalized spacial score (nSPS) is 22.0. The van der Waals surface area contributed by atoms with Crippen molar-refractivity contribution >= 4 is 5.69 Å². The molecule has 0 radical (unpaired) electrons. The van der Waals surface area contributed by atoms with Crippen LogP contribution in [0.1, 0.15) is 42.7 Å². The van der Waals surface area contributed by atoms with Crippen molar-refractivity contribution in [2.75, 3.05) is 5.32 Å². The summed E-state index contributed by atoms with van der Waals surface area (Å²) in [5, 5.41) is 3.55. The van der Waals surface area contributed by atoms with Gasteiger partial charge in [-0.3, -0.25) is 0 Å². The molecule has 0 saturated heterocycles. The van der Waals surface area contributed by atoms with Gasteiger partial charge in [-0.2, -0.15) is 0 Å². The van der Waals surface area contributed by atoms with E-state index >= 15 is 0 Å². The second-order valence-electron chi connectivity index (χ2n) is 6.07. The van der Waals surface area contributed by atoms with Crippen LogP contribution in [0.25, 0.3) is 0 Å². The lowest BCUT2D eigenvalue weighted by molar-refractivity contribution is 0.412. The van der Waals surface area contributed by atoms with Gasteiger partial charge < -0.3 is 5.32 Å². The minimum atomic E-state index is -0.131. The van der Waals surface area contributed by atoms with Gasteiger partial charge in [-0.25, -0.2) is 4.39 Å². The molecule has 0 atom stereocenters. The summed E-state index contributed by atoms with van der Waals surface area (Å²) in [5.41, 5.74) is 3.21. The number of aryl methyl sites for hydroxylation is 1. The van der Waals surface area contributed by atoms with Crippen LogP contribution in [0, 0.1) is 12.7 Å². The summed E-state index contributed by atoms with van der Waals surface area (Å²) in [4.78, 5) is 0. The van der Waals surface area contributed by atoms with Gasteiger partial charge in [0.1, 0.15) is 5.82 Å². The number of benzene rings is 2. The molecule has 21 heavy (non-hydrogen) atoms. The first-order chi connectivity index (χ1) is 10.2. The Morgan fingerprint density at radius 1 is 0.952 bits per heavy atom. The van der Waals surface area contributed by atoms with Crippen LogP contribution >= 0.6 is 0 Å². The van der Waals surface area contributed by atoms with Crippen LogP contribution in [0.4, 0.5) is 10.1 Å². The number of hydrogen-bond donors (Lipinski definition) is 1. The Hall–Kier alpha value is -1.83. The SMILES string of the molecule is Cc1cc(NC2CCC(c3ccccc3)CC2)ccc1F. The molecule has 0 bridgehead atoms. The standard InChI is InChI=1S/C19H22FN/c1-14-13-18(11-12-19(14)20)21-17-9-7-16(8-10-17)15-5-3-2-4-6-15/h2-6,11-13,16-17,21H,7-10H2,1H3. The van der Waals surface area contributed by atoms with Crippen LogP contribution in [0.3, 0.4) is 0 Å². The van der Waals surface area contributed by atoms with Gasteiger partial charge in [0.25, 0.3) is 0 Å². The zero-order valence-corrected chi connectivity index (χ0v) is 12.5. The molecule has 1 saturated carbocycles. The van der Waals surface area contributed by atoms with E-state index in [0.717, 1.165) is 5.69 Å². The fourth-order valence-electron chi connectivity index (χ4n) is 3.27. The second kappa shape index (κ2) is 6.30. The first-order valence-corrected chi connectivity index (χ1v) is 7.80. The van der Waals surface area contributed by atoms with E-state index in [1.165, 1.54) is 31.2 Å². The van der Waals surface area contributed by atoms with Gasteiger partial charge in [-0.15, -0.1) is 0 Å². The van der Waals surface area contributed by atoms with Crippen LogP contribution in [0.15, 0.2) is 48.5 Å². The molecule has 0 amide bonds. The van der Waals surface area contributed by atoms with Crippen LogP contribution in [0.5, 0.6) is 0 Å². The second-order valence-corrected chi connectivity index (χ2v) is 6.07. The average Bonchev–Trinajstić information content (AvgIpc) is 2.53. The fraction of sp³-hybridized carbons (Fsp3) is 0.368. The molecule has 0 unspecified atom stereocenters. The molecule has 2 heteroatoms. The average molecular weight is 283 g/mol. The highest BCUT2D eigenvalue weighted by Crippen LogP contribution is 2.33. The van der Waals surface area contributed by atoms with E-state index in [9.17, 15) is 4.39 Å². The predicted molar refractivity (Wildman–Crippen MR) is 86.2 cm³/mol. The number of hydrogen-bond acceptors (Lipinski definition) is 1. The molecule has 0 heterocycles. The molecule has 1 nitrogen and oxygen atoms in total. The molecule has 2 aromatic carbocycles. The lowest BCUT2D eigenvalue weighted by Crippen LogP contribution is -2.25. The third-order valence-electron chi connectivity index (χ3n) is 4.53. The zero-order chi connectivity index (χ0) is 14.7. The van der Waals surface area contributed by atoms with Crippen molar-refractivity contribution in [3.63, 3.8) is 0 Å². The molecule has 1 N–H and O–H groups in total. The summed E-state index contributed by atoms with van der Waals surface area (Å²) >= 11 is 0. The van der Waals surface area contributed by atoms with Crippen LogP contribution in [-0.4, -0.2) is 6.04 Å². The predicted octanol–water partition coefficient (Wildman–Crippen LogP) is 5.27. The van der Waals surface area contributed by atoms with Crippen molar-refractivity contribution in [1.29, 1.82) is 0 Å². The van der Waals surface area contributed by atoms with Crippen LogP contribution in [0.2, 0.25) is 0 Å². The van der Waals surface area contributed by atoms with E-state index in [4.69, 9.17) is 0 Å². The molecule has 2 aromatic rings. The highest BCUT2D eigenvalue weighted by atomic mass is 19.1. The molecule has 0 aliphatic heterocycles. The zero-order valence-electron chi connectivity index (χ0n) is 12.5. The van der Waals surface area contributed by atoms with Crippen molar-refractivity contribution in [3.05, 3.63) is 65.5 Å². The van der Waals surface area contributed by atoms with E-state index in [-0.39, 0.29) is 5.82 Å². The number of anilines is 1. The Bertz CT molecular complexity index is 586. The van der Waals surface area contributed by atoms with Crippen molar-refractivity contribution < 1.29 is 4.39 Å². The number of rotatable bonds is 3. The molecule has 0 spiro atoms. The van der Waals surface area contributed by atoms with Crippen molar-refractivity contribution in [2.24, 2.45) is 0 Å². The summed E-state index contributed by atoms with van der Waals surface area (Å²) in [6, 6.07) is 16.6. The first kappa shape index (κ1) is 14.1. The van der Waals surface area contributed by atoms with Crippen LogP contribution in [-0.2, 0) is 0 Å². The minimum absolute atomic E-state index is 0.131. The number of halogens is 1. The van der Waals surface area contributed by atoms with Crippen LogP contribution < -0.4 is 5.32 Å². The topological polar surface area (TPSA) is 12.0 Å². The maximum absolute atomic E-state index is 13.3. The van der Waals surface area contributed by atoms with Gasteiger partial charge >= 0.3 is 0 Å². The number of nitrogens with one attached hydrogen (secondary N) is 1. The summed E-state index contributed by atoms with van der Waals surface area (Å²) in [6.45, 7) is 1.81. The monoisotopic (exact) mass is 283 g/mol. The van der Waals surface area contributed by atoms with E-state index in [2.05, 4.69) is 35.6 Å². The molecular formula is C19H22FN. The Labute approximate surface area is 126 Å². The van der Waals surface area contributed by atoms with Gasteiger partial charge in [-0.1, -0.05) is 30.3 Å². The minimum Gasteiger partial charge on any atom is -0.382 e. The van der Waals surface area contributed by atoms with Crippen molar-refractivity contribution in [3.8, 4) is 0 Å². The van der Waals surface area contributed by atoms with E-state index in [1.807, 2.05) is 19.1 Å². The lowest BCUT2D eigenvalue weighted by atomic mass is 9.82. The van der Waals surface area contributed by atoms with Gasteiger partial charge in [0, 0.05) is 11.7 Å². The maximum atomic E-state index is 13.3. The molecule has 0 aromatic heterocycles.